The van der Waals surface area contributed by atoms with E-state index in [2.05, 4.69) is 10.6 Å². The van der Waals surface area contributed by atoms with E-state index in [0.29, 0.717) is 17.9 Å². The van der Waals surface area contributed by atoms with Gasteiger partial charge < -0.3 is 15.4 Å². The minimum atomic E-state index is -0.610. The lowest BCUT2D eigenvalue weighted by Gasteiger charge is -2.17. The first-order valence-corrected chi connectivity index (χ1v) is 6.66. The number of carbonyl (C=O) groups excluding carboxylic acids is 2. The van der Waals surface area contributed by atoms with E-state index in [4.69, 9.17) is 4.74 Å². The fraction of sp³-hybridized carbons (Fsp3) is 0.467. The molecule has 0 fully saturated rings. The first-order valence-electron chi connectivity index (χ1n) is 6.66. The van der Waals surface area contributed by atoms with Crippen LogP contribution in [0.5, 0.6) is 5.75 Å². The number of ether oxygens (including phenoxy) is 1. The summed E-state index contributed by atoms with van der Waals surface area (Å²) in [5.41, 5.74) is 0.568. The van der Waals surface area contributed by atoms with Crippen molar-refractivity contribution in [2.45, 2.75) is 32.9 Å². The molecule has 21 heavy (non-hydrogen) atoms. The zero-order valence-electron chi connectivity index (χ0n) is 12.8. The topological polar surface area (TPSA) is 67.4 Å². The van der Waals surface area contributed by atoms with Crippen molar-refractivity contribution in [1.82, 2.24) is 10.6 Å². The van der Waals surface area contributed by atoms with Gasteiger partial charge in [-0.2, -0.15) is 0 Å². The molecule has 2 unspecified atom stereocenters. The second-order valence-electron chi connectivity index (χ2n) is 4.78. The Bertz CT molecular complexity index is 480. The molecule has 0 heterocycles. The number of benzene rings is 1. The lowest BCUT2D eigenvalue weighted by molar-refractivity contribution is -0.127. The number of Topliss-reactive ketones (excluding diaryl/α,β-unsaturated/α-hetero) is 1. The first kappa shape index (κ1) is 19.4. The number of likely N-dealkylation sites (N-methyl/N-ethyl adjacent to an activating group) is 1. The molecule has 1 aromatic carbocycles. The van der Waals surface area contributed by atoms with Crippen LogP contribution < -0.4 is 15.4 Å². The van der Waals surface area contributed by atoms with Crippen molar-refractivity contribution < 1.29 is 14.3 Å². The molecule has 5 nitrogen and oxygen atoms in total. The molecule has 118 valence electrons. The smallest absolute Gasteiger partial charge is 0.260 e. The first-order chi connectivity index (χ1) is 9.43. The minimum Gasteiger partial charge on any atom is -0.481 e. The number of hydrogen-bond donors (Lipinski definition) is 2. The van der Waals surface area contributed by atoms with Gasteiger partial charge in [-0.25, -0.2) is 0 Å². The van der Waals surface area contributed by atoms with E-state index in [1.807, 2.05) is 14.0 Å². The normalized spacial score (nSPS) is 12.8. The van der Waals surface area contributed by atoms with Crippen LogP contribution in [0.3, 0.4) is 0 Å². The van der Waals surface area contributed by atoms with E-state index in [0.717, 1.165) is 0 Å². The molecule has 0 aliphatic heterocycles. The number of carbonyl (C=O) groups is 2. The molecule has 1 amide bonds. The van der Waals surface area contributed by atoms with E-state index < -0.39 is 6.10 Å². The maximum absolute atomic E-state index is 11.9. The van der Waals surface area contributed by atoms with Crippen LogP contribution in [0, 0.1) is 0 Å². The van der Waals surface area contributed by atoms with E-state index in [9.17, 15) is 9.59 Å². The predicted molar refractivity (Wildman–Crippen MR) is 85.3 cm³/mol. The van der Waals surface area contributed by atoms with Gasteiger partial charge >= 0.3 is 0 Å². The number of ketones is 1. The summed E-state index contributed by atoms with van der Waals surface area (Å²) >= 11 is 0. The van der Waals surface area contributed by atoms with Crippen LogP contribution in [0.4, 0.5) is 0 Å². The minimum absolute atomic E-state index is 0. The van der Waals surface area contributed by atoms with Crippen molar-refractivity contribution in [1.29, 1.82) is 0 Å². The fourth-order valence-corrected chi connectivity index (χ4v) is 1.55. The zero-order chi connectivity index (χ0) is 15.1. The van der Waals surface area contributed by atoms with Gasteiger partial charge in [0.15, 0.2) is 11.9 Å². The molecule has 2 N–H and O–H groups in total. The molecule has 0 aliphatic carbocycles. The second-order valence-corrected chi connectivity index (χ2v) is 4.78. The molecular weight excluding hydrogens is 292 g/mol. The van der Waals surface area contributed by atoms with Crippen molar-refractivity contribution in [3.8, 4) is 5.75 Å². The molecule has 0 aromatic heterocycles. The predicted octanol–water partition coefficient (Wildman–Crippen LogP) is 1.80. The number of amides is 1. The fourth-order valence-electron chi connectivity index (χ4n) is 1.55. The molecule has 6 heteroatoms. The van der Waals surface area contributed by atoms with E-state index in [-0.39, 0.29) is 30.1 Å². The van der Waals surface area contributed by atoms with Gasteiger partial charge in [-0.1, -0.05) is 12.1 Å². The largest absolute Gasteiger partial charge is 0.481 e. The quantitative estimate of drug-likeness (QED) is 0.753. The summed E-state index contributed by atoms with van der Waals surface area (Å²) in [4.78, 5) is 23.1. The Balaban J connectivity index is 0.00000400. The Kier molecular flexibility index (Phi) is 8.66. The van der Waals surface area contributed by atoms with Gasteiger partial charge in [0.1, 0.15) is 5.75 Å². The van der Waals surface area contributed by atoms with Gasteiger partial charge in [-0.05, 0) is 40.0 Å². The highest BCUT2D eigenvalue weighted by atomic mass is 35.5. The number of hydrogen-bond acceptors (Lipinski definition) is 4. The van der Waals surface area contributed by atoms with Crippen LogP contribution in [0.25, 0.3) is 0 Å². The monoisotopic (exact) mass is 314 g/mol. The Morgan fingerprint density at radius 3 is 2.52 bits per heavy atom. The van der Waals surface area contributed by atoms with Gasteiger partial charge in [-0.3, -0.25) is 9.59 Å². The van der Waals surface area contributed by atoms with Gasteiger partial charge in [0.05, 0.1) is 0 Å². The summed E-state index contributed by atoms with van der Waals surface area (Å²) in [6, 6.07) is 7.02. The van der Waals surface area contributed by atoms with E-state index >= 15 is 0 Å². The lowest BCUT2D eigenvalue weighted by atomic mass is 10.1. The Morgan fingerprint density at radius 2 is 1.95 bits per heavy atom. The number of nitrogens with one attached hydrogen (secondary N) is 2. The Hall–Kier alpha value is -1.59. The molecule has 2 atom stereocenters. The molecule has 0 saturated heterocycles. The van der Waals surface area contributed by atoms with E-state index in [1.165, 1.54) is 6.92 Å². The molecule has 0 radical (unpaired) electrons. The molecule has 0 saturated carbocycles. The van der Waals surface area contributed by atoms with Crippen LogP contribution in [-0.2, 0) is 4.79 Å². The van der Waals surface area contributed by atoms with Crippen LogP contribution >= 0.6 is 12.4 Å². The van der Waals surface area contributed by atoms with Crippen molar-refractivity contribution in [2.24, 2.45) is 0 Å². The summed E-state index contributed by atoms with van der Waals surface area (Å²) in [6.07, 6.45) is -0.610. The molecule has 1 rings (SSSR count). The standard InChI is InChI=1S/C15H22N2O3.ClH/c1-10(16-4)9-17-15(19)12(3)20-14-7-5-6-13(8-14)11(2)18;/h5-8,10,12,16H,9H2,1-4H3,(H,17,19);1H. The van der Waals surface area contributed by atoms with Crippen LogP contribution in [0.1, 0.15) is 31.1 Å². The lowest BCUT2D eigenvalue weighted by Crippen LogP contribution is -2.42. The maximum atomic E-state index is 11.9. The number of rotatable bonds is 7. The van der Waals surface area contributed by atoms with Crippen molar-refractivity contribution in [3.63, 3.8) is 0 Å². The third-order valence-electron chi connectivity index (χ3n) is 3.00. The summed E-state index contributed by atoms with van der Waals surface area (Å²) in [5, 5.41) is 5.83. The SMILES string of the molecule is CNC(C)CNC(=O)C(C)Oc1cccc(C(C)=O)c1.Cl. The van der Waals surface area contributed by atoms with Gasteiger partial charge in [0.25, 0.3) is 5.91 Å². The third kappa shape index (κ3) is 6.60. The highest BCUT2D eigenvalue weighted by molar-refractivity contribution is 5.94. The highest BCUT2D eigenvalue weighted by Crippen LogP contribution is 2.15. The van der Waals surface area contributed by atoms with Crippen molar-refractivity contribution in [2.75, 3.05) is 13.6 Å². The van der Waals surface area contributed by atoms with Crippen molar-refractivity contribution in [3.05, 3.63) is 29.8 Å². The van der Waals surface area contributed by atoms with Gasteiger partial charge in [0, 0.05) is 18.2 Å². The van der Waals surface area contributed by atoms with Gasteiger partial charge in [-0.15, -0.1) is 12.4 Å². The molecule has 0 bridgehead atoms. The summed E-state index contributed by atoms with van der Waals surface area (Å²) in [7, 11) is 1.84. The van der Waals surface area contributed by atoms with Crippen molar-refractivity contribution >= 4 is 24.1 Å². The average molecular weight is 315 g/mol. The summed E-state index contributed by atoms with van der Waals surface area (Å²) in [5.74, 6) is 0.303. The Labute approximate surface area is 131 Å². The Morgan fingerprint density at radius 1 is 1.29 bits per heavy atom. The molecular formula is C15H23ClN2O3. The third-order valence-corrected chi connectivity index (χ3v) is 3.00. The molecule has 1 aromatic rings. The zero-order valence-corrected chi connectivity index (χ0v) is 13.6. The second kappa shape index (κ2) is 9.37. The van der Waals surface area contributed by atoms with Crippen LogP contribution in [-0.4, -0.2) is 37.4 Å². The molecule has 0 aliphatic rings. The maximum Gasteiger partial charge on any atom is 0.260 e. The summed E-state index contributed by atoms with van der Waals surface area (Å²) in [6.45, 7) is 5.69. The van der Waals surface area contributed by atoms with E-state index in [1.54, 1.807) is 31.2 Å². The van der Waals surface area contributed by atoms with Crippen LogP contribution in [0.15, 0.2) is 24.3 Å². The summed E-state index contributed by atoms with van der Waals surface area (Å²) < 4.78 is 5.55. The van der Waals surface area contributed by atoms with Crippen LogP contribution in [0.2, 0.25) is 0 Å². The number of halogens is 1. The highest BCUT2D eigenvalue weighted by Gasteiger charge is 2.15. The van der Waals surface area contributed by atoms with Gasteiger partial charge in [0.2, 0.25) is 0 Å². The average Bonchev–Trinajstić information content (AvgIpc) is 2.44. The molecule has 0 spiro atoms.